The fourth-order valence-corrected chi connectivity index (χ4v) is 6.15. The maximum atomic E-state index is 12.2. The van der Waals surface area contributed by atoms with Crippen LogP contribution in [0.25, 0.3) is 0 Å². The molecule has 3 aliphatic rings. The van der Waals surface area contributed by atoms with Crippen molar-refractivity contribution in [2.45, 2.75) is 19.4 Å². The fraction of sp³-hybridized carbons (Fsp3) is 0.778. The summed E-state index contributed by atoms with van der Waals surface area (Å²) in [7, 11) is -2.84. The molecule has 0 saturated carbocycles. The minimum atomic E-state index is -2.84. The number of piperazine rings is 2. The van der Waals surface area contributed by atoms with Crippen LogP contribution >= 0.6 is 30.9 Å². The summed E-state index contributed by atoms with van der Waals surface area (Å²) in [6.45, 7) is 5.30. The van der Waals surface area contributed by atoms with Gasteiger partial charge in [-0.25, -0.2) is 9.76 Å². The number of amides is 4. The number of hydrogen-bond acceptors (Lipinski definition) is 8. The van der Waals surface area contributed by atoms with Gasteiger partial charge in [-0.15, -0.1) is 23.2 Å². The Bertz CT molecular complexity index is 741. The highest BCUT2D eigenvalue weighted by molar-refractivity contribution is 7.54. The molecule has 188 valence electrons. The van der Waals surface area contributed by atoms with E-state index in [0.717, 1.165) is 13.0 Å². The lowest BCUT2D eigenvalue weighted by atomic mass is 10.2. The molecular weight excluding hydrogens is 498 g/mol. The second kappa shape index (κ2) is 13.7. The number of nitrogens with zero attached hydrogens (tertiary/aromatic N) is 3. The smallest absolute Gasteiger partial charge is 0.306 e. The van der Waals surface area contributed by atoms with E-state index in [-0.39, 0.29) is 55.8 Å². The van der Waals surface area contributed by atoms with Crippen LogP contribution in [0.3, 0.4) is 0 Å². The Morgan fingerprint density at radius 1 is 1.00 bits per heavy atom. The Balaban J connectivity index is 0.000000245. The molecule has 2 atom stereocenters. The van der Waals surface area contributed by atoms with E-state index >= 15 is 0 Å². The fourth-order valence-electron chi connectivity index (χ4n) is 3.60. The van der Waals surface area contributed by atoms with Crippen molar-refractivity contribution in [1.29, 1.82) is 0 Å². The summed E-state index contributed by atoms with van der Waals surface area (Å²) in [6, 6.07) is -0.0892. The van der Waals surface area contributed by atoms with Crippen molar-refractivity contribution < 1.29 is 28.3 Å². The van der Waals surface area contributed by atoms with Crippen LogP contribution in [-0.2, 0) is 28.3 Å². The Hall–Kier alpha value is -1.11. The van der Waals surface area contributed by atoms with Gasteiger partial charge in [-0.1, -0.05) is 0 Å². The highest BCUT2D eigenvalue weighted by Gasteiger charge is 2.34. The summed E-state index contributed by atoms with van der Waals surface area (Å²) in [5.74, 6) is -0.421. The van der Waals surface area contributed by atoms with Crippen LogP contribution in [0.2, 0.25) is 0 Å². The van der Waals surface area contributed by atoms with Gasteiger partial charge in [0.15, 0.2) is 0 Å². The van der Waals surface area contributed by atoms with Crippen LogP contribution in [0, 0.1) is 0 Å². The average Bonchev–Trinajstić information content (AvgIpc) is 2.73. The van der Waals surface area contributed by atoms with Gasteiger partial charge < -0.3 is 4.52 Å². The van der Waals surface area contributed by atoms with Crippen molar-refractivity contribution in [3.63, 3.8) is 0 Å². The van der Waals surface area contributed by atoms with Gasteiger partial charge in [0, 0.05) is 44.0 Å². The Labute approximate surface area is 203 Å². The lowest BCUT2D eigenvalue weighted by molar-refractivity contribution is -0.140. The van der Waals surface area contributed by atoms with Gasteiger partial charge in [-0.3, -0.25) is 44.2 Å². The normalized spacial score (nSPS) is 26.3. The van der Waals surface area contributed by atoms with E-state index in [0.29, 0.717) is 38.0 Å². The molecule has 12 nitrogen and oxygen atoms in total. The minimum Gasteiger partial charge on any atom is -0.306 e. The van der Waals surface area contributed by atoms with Crippen LogP contribution in [0.4, 0.5) is 0 Å². The molecule has 0 bridgehead atoms. The van der Waals surface area contributed by atoms with Gasteiger partial charge in [-0.05, 0) is 13.3 Å². The first-order chi connectivity index (χ1) is 15.7. The molecule has 15 heteroatoms. The maximum absolute atomic E-state index is 12.2. The number of hydrogen-bond donors (Lipinski definition) is 3. The van der Waals surface area contributed by atoms with Crippen LogP contribution in [0.15, 0.2) is 0 Å². The summed E-state index contributed by atoms with van der Waals surface area (Å²) >= 11 is 11.1. The predicted molar refractivity (Wildman–Crippen MR) is 123 cm³/mol. The zero-order valence-corrected chi connectivity index (χ0v) is 21.0. The molecule has 0 aromatic rings. The SMILES string of the molecule is C[C@@H](CN1CC(=O)NC(=O)C1)N1CC(=O)NC(=O)C1.O=P1(NCCCl)OCCCN1CCCl. The van der Waals surface area contributed by atoms with Gasteiger partial charge in [0.25, 0.3) is 0 Å². The summed E-state index contributed by atoms with van der Waals surface area (Å²) in [6.07, 6.45) is 0.892. The predicted octanol–water partition coefficient (Wildman–Crippen LogP) is -0.824. The molecule has 0 radical (unpaired) electrons. The number of rotatable bonds is 8. The largest absolute Gasteiger partial charge is 0.343 e. The highest BCUT2D eigenvalue weighted by Crippen LogP contribution is 2.48. The third-order valence-corrected chi connectivity index (χ3v) is 7.74. The summed E-state index contributed by atoms with van der Waals surface area (Å²) in [4.78, 5) is 48.5. The van der Waals surface area contributed by atoms with Crippen molar-refractivity contribution in [3.8, 4) is 0 Å². The van der Waals surface area contributed by atoms with E-state index in [1.165, 1.54) is 0 Å². The van der Waals surface area contributed by atoms with Crippen molar-refractivity contribution in [2.24, 2.45) is 0 Å². The number of nitrogens with one attached hydrogen (secondary N) is 3. The van der Waals surface area contributed by atoms with Crippen LogP contribution < -0.4 is 15.7 Å². The third-order valence-electron chi connectivity index (χ3n) is 5.08. The molecule has 0 spiro atoms. The van der Waals surface area contributed by atoms with Gasteiger partial charge in [-0.2, -0.15) is 0 Å². The van der Waals surface area contributed by atoms with Crippen LogP contribution in [0.1, 0.15) is 13.3 Å². The molecule has 1 unspecified atom stereocenters. The molecule has 33 heavy (non-hydrogen) atoms. The Morgan fingerprint density at radius 2 is 1.58 bits per heavy atom. The van der Waals surface area contributed by atoms with E-state index < -0.39 is 7.67 Å². The molecule has 0 aliphatic carbocycles. The maximum Gasteiger partial charge on any atom is 0.343 e. The Morgan fingerprint density at radius 3 is 2.12 bits per heavy atom. The molecule has 0 aromatic heterocycles. The number of halogens is 2. The minimum absolute atomic E-state index is 0.0892. The first-order valence-electron chi connectivity index (χ1n) is 10.7. The number of carbonyl (C=O) groups excluding carboxylic acids is 4. The number of alkyl halides is 2. The molecule has 3 heterocycles. The third kappa shape index (κ3) is 9.22. The van der Waals surface area contributed by atoms with Gasteiger partial charge >= 0.3 is 7.67 Å². The molecule has 3 N–H and O–H groups in total. The van der Waals surface area contributed by atoms with E-state index in [2.05, 4.69) is 15.7 Å². The number of carbonyl (C=O) groups is 4. The average molecular weight is 529 g/mol. The lowest BCUT2D eigenvalue weighted by Crippen LogP contribution is -2.58. The second-order valence-corrected chi connectivity index (χ2v) is 10.8. The van der Waals surface area contributed by atoms with Gasteiger partial charge in [0.1, 0.15) is 0 Å². The lowest BCUT2D eigenvalue weighted by Gasteiger charge is -2.35. The molecule has 3 aliphatic heterocycles. The first-order valence-corrected chi connectivity index (χ1v) is 13.3. The summed E-state index contributed by atoms with van der Waals surface area (Å²) in [5.41, 5.74) is 0. The van der Waals surface area contributed by atoms with Crippen molar-refractivity contribution in [3.05, 3.63) is 0 Å². The van der Waals surface area contributed by atoms with E-state index in [1.807, 2.05) is 6.92 Å². The first kappa shape index (κ1) is 28.1. The van der Waals surface area contributed by atoms with Gasteiger partial charge in [0.2, 0.25) is 23.6 Å². The zero-order valence-electron chi connectivity index (χ0n) is 18.6. The Kier molecular flexibility index (Phi) is 11.7. The van der Waals surface area contributed by atoms with E-state index in [1.54, 1.807) is 14.5 Å². The quantitative estimate of drug-likeness (QED) is 0.208. The van der Waals surface area contributed by atoms with E-state index in [4.69, 9.17) is 27.7 Å². The summed E-state index contributed by atoms with van der Waals surface area (Å²) < 4.78 is 19.2. The van der Waals surface area contributed by atoms with Crippen LogP contribution in [-0.4, -0.2) is 115 Å². The van der Waals surface area contributed by atoms with Crippen molar-refractivity contribution >= 4 is 54.5 Å². The number of imide groups is 2. The standard InChI is InChI=1S/C11H16N4O4.C7H15Cl2N2O2P/c1-7(15-5-10(18)13-11(19)6-15)2-14-3-8(16)12-9(17)4-14;8-2-4-10-14(12)11(6-3-9)5-1-7-13-14/h7H,2-6H2,1H3,(H,12,16,17)(H,13,18,19);1-7H2,(H,10,12)/t7-;/m0./s1. The van der Waals surface area contributed by atoms with Crippen molar-refractivity contribution in [1.82, 2.24) is 30.2 Å². The zero-order chi connectivity index (χ0) is 24.4. The topological polar surface area (TPSA) is 140 Å². The molecule has 3 saturated heterocycles. The molecule has 0 aromatic carbocycles. The highest BCUT2D eigenvalue weighted by atomic mass is 35.5. The molecular formula is C18H31Cl2N6O6P. The van der Waals surface area contributed by atoms with E-state index in [9.17, 15) is 23.7 Å². The molecule has 3 rings (SSSR count). The van der Waals surface area contributed by atoms with Crippen LogP contribution in [0.5, 0.6) is 0 Å². The summed E-state index contributed by atoms with van der Waals surface area (Å²) in [5, 5.41) is 7.31. The second-order valence-electron chi connectivity index (χ2n) is 7.81. The monoisotopic (exact) mass is 528 g/mol. The molecule has 4 amide bonds. The van der Waals surface area contributed by atoms with Gasteiger partial charge in [0.05, 0.1) is 32.8 Å². The molecule has 3 fully saturated rings. The van der Waals surface area contributed by atoms with Crippen molar-refractivity contribution in [2.75, 3.05) is 70.7 Å².